The van der Waals surface area contributed by atoms with E-state index in [0.29, 0.717) is 34.9 Å². The number of amides is 1. The zero-order valence-electron chi connectivity index (χ0n) is 14.3. The first-order valence-electron chi connectivity index (χ1n) is 7.73. The van der Waals surface area contributed by atoms with E-state index in [1.807, 2.05) is 13.0 Å². The van der Waals surface area contributed by atoms with Crippen LogP contribution in [0.3, 0.4) is 0 Å². The summed E-state index contributed by atoms with van der Waals surface area (Å²) in [5, 5.41) is 10.6. The van der Waals surface area contributed by atoms with E-state index < -0.39 is 0 Å². The van der Waals surface area contributed by atoms with E-state index in [9.17, 15) is 4.79 Å². The molecule has 0 fully saturated rings. The molecule has 1 aromatic carbocycles. The van der Waals surface area contributed by atoms with Gasteiger partial charge in [-0.25, -0.2) is 4.98 Å². The second-order valence-electron chi connectivity index (χ2n) is 5.31. The number of nitrogens with zero attached hydrogens (tertiary/aromatic N) is 2. The van der Waals surface area contributed by atoms with Gasteiger partial charge in [-0.1, -0.05) is 23.4 Å². The maximum Gasteiger partial charge on any atom is 0.233 e. The van der Waals surface area contributed by atoms with Crippen LogP contribution in [0.2, 0.25) is 5.02 Å². The number of hydrogen-bond acceptors (Lipinski definition) is 6. The molecule has 0 aliphatic rings. The highest BCUT2D eigenvalue weighted by Gasteiger charge is 2.16. The van der Waals surface area contributed by atoms with Crippen LogP contribution < -0.4 is 10.1 Å². The van der Waals surface area contributed by atoms with Gasteiger partial charge in [0.2, 0.25) is 11.1 Å². The summed E-state index contributed by atoms with van der Waals surface area (Å²) in [6.07, 6.45) is 0. The number of carbonyl (C=O) groups is 1. The highest BCUT2D eigenvalue weighted by Crippen LogP contribution is 2.22. The molecule has 2 rings (SSSR count). The summed E-state index contributed by atoms with van der Waals surface area (Å²) in [6.45, 7) is 4.93. The average Bonchev–Trinajstić information content (AvgIpc) is 3.03. The van der Waals surface area contributed by atoms with Gasteiger partial charge in [-0.15, -0.1) is 5.10 Å². The Morgan fingerprint density at radius 2 is 2.28 bits per heavy atom. The van der Waals surface area contributed by atoms with E-state index in [4.69, 9.17) is 21.1 Å². The van der Waals surface area contributed by atoms with Gasteiger partial charge < -0.3 is 14.8 Å². The van der Waals surface area contributed by atoms with Crippen LogP contribution in [0.4, 0.5) is 0 Å². The minimum atomic E-state index is -0.305. The van der Waals surface area contributed by atoms with E-state index >= 15 is 0 Å². The number of H-pyrrole nitrogens is 1. The maximum atomic E-state index is 11.9. The fourth-order valence-electron chi connectivity index (χ4n) is 1.89. The monoisotopic (exact) mass is 384 g/mol. The Balaban J connectivity index is 1.83. The molecule has 25 heavy (non-hydrogen) atoms. The lowest BCUT2D eigenvalue weighted by Crippen LogP contribution is -2.33. The third kappa shape index (κ3) is 6.22. The molecule has 9 heteroatoms. The van der Waals surface area contributed by atoms with Crippen molar-refractivity contribution in [3.8, 4) is 5.75 Å². The minimum absolute atomic E-state index is 0.0821. The molecule has 0 unspecified atom stereocenters. The van der Waals surface area contributed by atoms with Gasteiger partial charge in [-0.2, -0.15) is 0 Å². The van der Waals surface area contributed by atoms with Crippen LogP contribution in [-0.4, -0.2) is 46.6 Å². The Hall–Kier alpha value is -1.77. The second-order valence-corrected chi connectivity index (χ2v) is 7.02. The molecule has 7 nitrogen and oxygen atoms in total. The molecule has 2 aromatic rings. The molecule has 1 aromatic heterocycles. The first kappa shape index (κ1) is 19.6. The molecule has 0 bridgehead atoms. The highest BCUT2D eigenvalue weighted by atomic mass is 35.5. The summed E-state index contributed by atoms with van der Waals surface area (Å²) in [6, 6.07) is 5.45. The number of aryl methyl sites for hydroxylation is 1. The lowest BCUT2D eigenvalue weighted by molar-refractivity contribution is -0.120. The van der Waals surface area contributed by atoms with Crippen LogP contribution >= 0.6 is 23.4 Å². The number of thioether (sulfide) groups is 1. The summed E-state index contributed by atoms with van der Waals surface area (Å²) in [4.78, 5) is 16.2. The number of aromatic nitrogens is 3. The molecule has 1 heterocycles. The Morgan fingerprint density at radius 3 is 3.00 bits per heavy atom. The van der Waals surface area contributed by atoms with Gasteiger partial charge >= 0.3 is 0 Å². The van der Waals surface area contributed by atoms with Crippen LogP contribution in [0.25, 0.3) is 0 Å². The molecule has 1 atom stereocenters. The first-order valence-corrected chi connectivity index (χ1v) is 8.99. The van der Waals surface area contributed by atoms with Gasteiger partial charge in [0.05, 0.1) is 11.9 Å². The number of benzene rings is 1. The molecule has 136 valence electrons. The van der Waals surface area contributed by atoms with E-state index in [1.54, 1.807) is 26.2 Å². The third-order valence-corrected chi connectivity index (χ3v) is 4.66. The second kappa shape index (κ2) is 9.65. The van der Waals surface area contributed by atoms with Gasteiger partial charge in [0.1, 0.15) is 12.4 Å². The summed E-state index contributed by atoms with van der Waals surface area (Å²) in [5.74, 6) is 1.21. The van der Waals surface area contributed by atoms with E-state index in [2.05, 4.69) is 20.5 Å². The number of methoxy groups -OCH3 is 1. The topological polar surface area (TPSA) is 89.1 Å². The predicted molar refractivity (Wildman–Crippen MR) is 97.1 cm³/mol. The van der Waals surface area contributed by atoms with Crippen molar-refractivity contribution in [3.63, 3.8) is 0 Å². The van der Waals surface area contributed by atoms with Crippen molar-refractivity contribution in [1.82, 2.24) is 20.5 Å². The summed E-state index contributed by atoms with van der Waals surface area (Å²) in [7, 11) is 1.59. The molecule has 0 saturated carbocycles. The van der Waals surface area contributed by atoms with Crippen molar-refractivity contribution in [1.29, 1.82) is 0 Å². The molecule has 0 aliphatic heterocycles. The first-order chi connectivity index (χ1) is 12.0. The molecule has 0 aliphatic carbocycles. The molecular formula is C16H21ClN4O3S. The molecule has 0 saturated heterocycles. The normalized spacial score (nSPS) is 12.0. The Kier molecular flexibility index (Phi) is 7.54. The minimum Gasteiger partial charge on any atom is -0.486 e. The summed E-state index contributed by atoms with van der Waals surface area (Å²) in [5.41, 5.74) is 0.946. The van der Waals surface area contributed by atoms with E-state index in [1.165, 1.54) is 11.8 Å². The molecular weight excluding hydrogens is 364 g/mol. The number of aromatic amines is 1. The van der Waals surface area contributed by atoms with Crippen LogP contribution in [0, 0.1) is 6.92 Å². The quantitative estimate of drug-likeness (QED) is 0.510. The largest absolute Gasteiger partial charge is 0.486 e. The number of rotatable bonds is 9. The van der Waals surface area contributed by atoms with Crippen LogP contribution in [-0.2, 0) is 16.1 Å². The number of nitrogens with one attached hydrogen (secondary N) is 2. The maximum absolute atomic E-state index is 11.9. The van der Waals surface area contributed by atoms with Crippen LogP contribution in [0.5, 0.6) is 5.75 Å². The van der Waals surface area contributed by atoms with Crippen molar-refractivity contribution in [2.75, 3.05) is 20.3 Å². The number of hydrogen-bond donors (Lipinski definition) is 2. The third-order valence-electron chi connectivity index (χ3n) is 3.27. The molecule has 1 amide bonds. The zero-order chi connectivity index (χ0) is 18.2. The van der Waals surface area contributed by atoms with Gasteiger partial charge in [0, 0.05) is 18.7 Å². The zero-order valence-corrected chi connectivity index (χ0v) is 15.9. The lowest BCUT2D eigenvalue weighted by atomic mass is 10.2. The van der Waals surface area contributed by atoms with E-state index in [0.717, 1.165) is 5.56 Å². The van der Waals surface area contributed by atoms with E-state index in [-0.39, 0.29) is 17.8 Å². The van der Waals surface area contributed by atoms with Gasteiger partial charge in [-0.05, 0) is 37.6 Å². The Labute approximate surface area is 155 Å². The standard InChI is InChI=1S/C16H21ClN4O3S/c1-10-8-12(4-5-13(10)17)24-9-14-19-16(21-20-14)25-11(2)15(22)18-6-7-23-3/h4-5,8,11H,6-7,9H2,1-3H3,(H,18,22)(H,19,20,21)/t11-/m0/s1. The number of ether oxygens (including phenoxy) is 2. The Morgan fingerprint density at radius 1 is 1.48 bits per heavy atom. The van der Waals surface area contributed by atoms with Gasteiger partial charge in [-0.3, -0.25) is 9.89 Å². The smallest absolute Gasteiger partial charge is 0.233 e. The fourth-order valence-corrected chi connectivity index (χ4v) is 2.77. The van der Waals surface area contributed by atoms with Crippen molar-refractivity contribution in [2.24, 2.45) is 0 Å². The highest BCUT2D eigenvalue weighted by molar-refractivity contribution is 8.00. The molecule has 0 radical (unpaired) electrons. The lowest BCUT2D eigenvalue weighted by Gasteiger charge is -2.09. The number of carbonyl (C=O) groups excluding carboxylic acids is 1. The van der Waals surface area contributed by atoms with Gasteiger partial charge in [0.25, 0.3) is 0 Å². The van der Waals surface area contributed by atoms with Crippen molar-refractivity contribution >= 4 is 29.3 Å². The van der Waals surface area contributed by atoms with Crippen LogP contribution in [0.15, 0.2) is 23.4 Å². The van der Waals surface area contributed by atoms with Crippen molar-refractivity contribution in [3.05, 3.63) is 34.6 Å². The summed E-state index contributed by atoms with van der Waals surface area (Å²) >= 11 is 7.27. The van der Waals surface area contributed by atoms with Crippen molar-refractivity contribution < 1.29 is 14.3 Å². The molecule has 0 spiro atoms. The average molecular weight is 385 g/mol. The Bertz CT molecular complexity index is 710. The number of halogens is 1. The van der Waals surface area contributed by atoms with Crippen molar-refractivity contribution in [2.45, 2.75) is 30.9 Å². The van der Waals surface area contributed by atoms with Gasteiger partial charge in [0.15, 0.2) is 5.82 Å². The molecule has 2 N–H and O–H groups in total. The van der Waals surface area contributed by atoms with Crippen LogP contribution in [0.1, 0.15) is 18.3 Å². The fraction of sp³-hybridized carbons (Fsp3) is 0.438. The predicted octanol–water partition coefficient (Wildman–Crippen LogP) is 2.59. The SMILES string of the molecule is COCCNC(=O)[C@H](C)Sc1n[nH]c(COc2ccc(Cl)c(C)c2)n1. The summed E-state index contributed by atoms with van der Waals surface area (Å²) < 4.78 is 10.6.